The number of nitrogens with zero attached hydrogens (tertiary/aromatic N) is 1. The van der Waals surface area contributed by atoms with Crippen LogP contribution in [0.15, 0.2) is 44.9 Å². The molecule has 4 nitrogen and oxygen atoms in total. The molecule has 0 aliphatic rings. The predicted molar refractivity (Wildman–Crippen MR) is 66.7 cm³/mol. The summed E-state index contributed by atoms with van der Waals surface area (Å²) < 4.78 is 1.91. The average Bonchev–Trinajstić information content (AvgIpc) is 2.26. The molecule has 0 saturated heterocycles. The number of aromatic nitrogens is 2. The molecule has 0 spiro atoms. The summed E-state index contributed by atoms with van der Waals surface area (Å²) in [6, 6.07) is 5.16. The number of fused-ring (bicyclic) bond motifs is 1. The smallest absolute Gasteiger partial charge is 0.307 e. The van der Waals surface area contributed by atoms with Crippen molar-refractivity contribution in [2.75, 3.05) is 0 Å². The molecule has 82 valence electrons. The first-order valence-electron chi connectivity index (χ1n) is 4.67. The Labute approximate surface area is 99.4 Å². The van der Waals surface area contributed by atoms with Gasteiger partial charge in [0.15, 0.2) is 0 Å². The zero-order valence-electron chi connectivity index (χ0n) is 8.37. The lowest BCUT2D eigenvalue weighted by Crippen LogP contribution is -2.34. The van der Waals surface area contributed by atoms with Gasteiger partial charge in [0.25, 0.3) is 5.56 Å². The SMILES string of the molecule is C=CCn1c(=O)[nH]c2ccc(Br)cc2c1=O. The van der Waals surface area contributed by atoms with E-state index in [0.29, 0.717) is 10.9 Å². The molecule has 0 radical (unpaired) electrons. The van der Waals surface area contributed by atoms with Crippen molar-refractivity contribution in [1.82, 2.24) is 9.55 Å². The minimum absolute atomic E-state index is 0.205. The van der Waals surface area contributed by atoms with Crippen LogP contribution in [0.25, 0.3) is 10.9 Å². The highest BCUT2D eigenvalue weighted by atomic mass is 79.9. The minimum atomic E-state index is -0.417. The Bertz CT molecular complexity index is 670. The molecular formula is C11H9BrN2O2. The van der Waals surface area contributed by atoms with Crippen molar-refractivity contribution in [2.45, 2.75) is 6.54 Å². The fraction of sp³-hybridized carbons (Fsp3) is 0.0909. The average molecular weight is 281 g/mol. The van der Waals surface area contributed by atoms with Crippen LogP contribution in [0, 0.1) is 0 Å². The molecule has 1 aromatic heterocycles. The van der Waals surface area contributed by atoms with Crippen molar-refractivity contribution in [3.63, 3.8) is 0 Å². The number of hydrogen-bond donors (Lipinski definition) is 1. The van der Waals surface area contributed by atoms with Gasteiger partial charge in [-0.3, -0.25) is 9.36 Å². The number of aromatic amines is 1. The molecule has 0 aliphatic heterocycles. The molecule has 0 bridgehead atoms. The van der Waals surface area contributed by atoms with Crippen molar-refractivity contribution in [2.24, 2.45) is 0 Å². The van der Waals surface area contributed by atoms with Crippen LogP contribution < -0.4 is 11.2 Å². The first kappa shape index (κ1) is 10.9. The monoisotopic (exact) mass is 280 g/mol. The van der Waals surface area contributed by atoms with E-state index in [9.17, 15) is 9.59 Å². The predicted octanol–water partition coefficient (Wildman–Crippen LogP) is 1.64. The van der Waals surface area contributed by atoms with E-state index in [-0.39, 0.29) is 12.1 Å². The molecule has 0 aliphatic carbocycles. The van der Waals surface area contributed by atoms with Crippen LogP contribution in [0.5, 0.6) is 0 Å². The summed E-state index contributed by atoms with van der Waals surface area (Å²) in [6.45, 7) is 3.72. The molecule has 2 rings (SSSR count). The third-order valence-corrected chi connectivity index (χ3v) is 2.75. The number of halogens is 1. The maximum absolute atomic E-state index is 12.0. The minimum Gasteiger partial charge on any atom is -0.307 e. The molecule has 0 unspecified atom stereocenters. The van der Waals surface area contributed by atoms with Crippen LogP contribution in [-0.4, -0.2) is 9.55 Å². The molecule has 2 aromatic rings. The summed E-state index contributed by atoms with van der Waals surface area (Å²) in [7, 11) is 0. The highest BCUT2D eigenvalue weighted by molar-refractivity contribution is 9.10. The fourth-order valence-electron chi connectivity index (χ4n) is 1.52. The van der Waals surface area contributed by atoms with Gasteiger partial charge in [-0.1, -0.05) is 22.0 Å². The van der Waals surface area contributed by atoms with Crippen molar-refractivity contribution in [3.8, 4) is 0 Å². The Balaban J connectivity index is 2.90. The van der Waals surface area contributed by atoms with E-state index >= 15 is 0 Å². The van der Waals surface area contributed by atoms with E-state index in [1.165, 1.54) is 6.08 Å². The van der Waals surface area contributed by atoms with E-state index in [4.69, 9.17) is 0 Å². The second-order valence-electron chi connectivity index (χ2n) is 3.32. The van der Waals surface area contributed by atoms with E-state index in [1.54, 1.807) is 18.2 Å². The van der Waals surface area contributed by atoms with E-state index < -0.39 is 5.69 Å². The van der Waals surface area contributed by atoms with Crippen molar-refractivity contribution < 1.29 is 0 Å². The van der Waals surface area contributed by atoms with Crippen LogP contribution in [-0.2, 0) is 6.54 Å². The third kappa shape index (κ3) is 1.74. The van der Waals surface area contributed by atoms with Crippen LogP contribution in [0.3, 0.4) is 0 Å². The number of allylic oxidation sites excluding steroid dienone is 1. The Morgan fingerprint density at radius 1 is 1.44 bits per heavy atom. The summed E-state index contributed by atoms with van der Waals surface area (Å²) in [4.78, 5) is 26.2. The first-order valence-corrected chi connectivity index (χ1v) is 5.46. The molecular weight excluding hydrogens is 272 g/mol. The van der Waals surface area contributed by atoms with Crippen molar-refractivity contribution >= 4 is 26.8 Å². The quantitative estimate of drug-likeness (QED) is 0.851. The first-order chi connectivity index (χ1) is 7.63. The molecule has 5 heteroatoms. The van der Waals surface area contributed by atoms with Gasteiger partial charge in [-0.2, -0.15) is 0 Å². The van der Waals surface area contributed by atoms with Gasteiger partial charge in [0.1, 0.15) is 0 Å². The number of H-pyrrole nitrogens is 1. The maximum Gasteiger partial charge on any atom is 0.329 e. The number of hydrogen-bond acceptors (Lipinski definition) is 2. The van der Waals surface area contributed by atoms with Crippen LogP contribution >= 0.6 is 15.9 Å². The molecule has 0 amide bonds. The van der Waals surface area contributed by atoms with Gasteiger partial charge in [0, 0.05) is 11.0 Å². The van der Waals surface area contributed by atoms with Gasteiger partial charge >= 0.3 is 5.69 Å². The van der Waals surface area contributed by atoms with E-state index in [2.05, 4.69) is 27.5 Å². The second kappa shape index (κ2) is 4.09. The summed E-state index contributed by atoms with van der Waals surface area (Å²) in [5, 5.41) is 0.482. The normalized spacial score (nSPS) is 10.6. The van der Waals surface area contributed by atoms with Crippen LogP contribution in [0.1, 0.15) is 0 Å². The lowest BCUT2D eigenvalue weighted by atomic mass is 10.2. The molecule has 1 N–H and O–H groups in total. The summed E-state index contributed by atoms with van der Waals surface area (Å²) in [5.41, 5.74) is -0.182. The second-order valence-corrected chi connectivity index (χ2v) is 4.24. The topological polar surface area (TPSA) is 54.9 Å². The standard InChI is InChI=1S/C11H9BrN2O2/c1-2-5-14-10(15)8-6-7(12)3-4-9(8)13-11(14)16/h2-4,6H,1,5H2,(H,13,16). The molecule has 1 heterocycles. The zero-order valence-corrected chi connectivity index (χ0v) is 9.95. The van der Waals surface area contributed by atoms with E-state index in [1.807, 2.05) is 0 Å². The number of rotatable bonds is 2. The Hall–Kier alpha value is -1.62. The number of benzene rings is 1. The summed E-state index contributed by atoms with van der Waals surface area (Å²) in [6.07, 6.45) is 1.51. The third-order valence-electron chi connectivity index (χ3n) is 2.26. The zero-order chi connectivity index (χ0) is 11.7. The highest BCUT2D eigenvalue weighted by Gasteiger charge is 2.06. The van der Waals surface area contributed by atoms with Crippen molar-refractivity contribution in [1.29, 1.82) is 0 Å². The van der Waals surface area contributed by atoms with Gasteiger partial charge < -0.3 is 4.98 Å². The molecule has 1 aromatic carbocycles. The lowest BCUT2D eigenvalue weighted by molar-refractivity contribution is 0.728. The van der Waals surface area contributed by atoms with Crippen LogP contribution in [0.4, 0.5) is 0 Å². The van der Waals surface area contributed by atoms with Crippen LogP contribution in [0.2, 0.25) is 0 Å². The van der Waals surface area contributed by atoms with Gasteiger partial charge in [0.05, 0.1) is 10.9 Å². The molecule has 0 saturated carbocycles. The van der Waals surface area contributed by atoms with Crippen molar-refractivity contribution in [3.05, 3.63) is 56.2 Å². The fourth-order valence-corrected chi connectivity index (χ4v) is 1.88. The summed E-state index contributed by atoms with van der Waals surface area (Å²) in [5.74, 6) is 0. The Kier molecular flexibility index (Phi) is 2.78. The van der Waals surface area contributed by atoms with Gasteiger partial charge in [-0.25, -0.2) is 4.79 Å². The molecule has 0 fully saturated rings. The highest BCUT2D eigenvalue weighted by Crippen LogP contribution is 2.13. The largest absolute Gasteiger partial charge is 0.329 e. The maximum atomic E-state index is 12.0. The number of nitrogens with one attached hydrogen (secondary N) is 1. The summed E-state index contributed by atoms with van der Waals surface area (Å²) >= 11 is 3.29. The Morgan fingerprint density at radius 3 is 2.88 bits per heavy atom. The van der Waals surface area contributed by atoms with Gasteiger partial charge in [0.2, 0.25) is 0 Å². The Morgan fingerprint density at radius 2 is 2.19 bits per heavy atom. The van der Waals surface area contributed by atoms with Gasteiger partial charge in [-0.15, -0.1) is 6.58 Å². The molecule has 16 heavy (non-hydrogen) atoms. The molecule has 0 atom stereocenters. The van der Waals surface area contributed by atoms with Gasteiger partial charge in [-0.05, 0) is 18.2 Å². The van der Waals surface area contributed by atoms with E-state index in [0.717, 1.165) is 9.04 Å². The lowest BCUT2D eigenvalue weighted by Gasteiger charge is -2.03.